The molecule has 106 valence electrons. The molecule has 3 heteroatoms. The maximum atomic E-state index is 12.4. The van der Waals surface area contributed by atoms with Crippen LogP contribution in [0.4, 0.5) is 0 Å². The van der Waals surface area contributed by atoms with Gasteiger partial charge < -0.3 is 4.90 Å². The van der Waals surface area contributed by atoms with Gasteiger partial charge >= 0.3 is 0 Å². The monoisotopic (exact) mass is 317 g/mol. The summed E-state index contributed by atoms with van der Waals surface area (Å²) in [5.41, 5.74) is 0.223. The molecule has 2 atom stereocenters. The van der Waals surface area contributed by atoms with Crippen molar-refractivity contribution in [3.05, 3.63) is 0 Å². The first-order valence-electron chi connectivity index (χ1n) is 7.21. The van der Waals surface area contributed by atoms with E-state index in [0.29, 0.717) is 24.3 Å². The fraction of sp³-hybridized carbons (Fsp3) is 0.933. The van der Waals surface area contributed by atoms with Crippen LogP contribution >= 0.6 is 15.9 Å². The molecule has 0 bridgehead atoms. The minimum absolute atomic E-state index is 0.223. The molecule has 2 unspecified atom stereocenters. The highest BCUT2D eigenvalue weighted by atomic mass is 79.9. The molecule has 0 N–H and O–H groups in total. The van der Waals surface area contributed by atoms with Gasteiger partial charge in [0.05, 0.1) is 0 Å². The van der Waals surface area contributed by atoms with Crippen molar-refractivity contribution >= 4 is 21.8 Å². The van der Waals surface area contributed by atoms with Crippen LogP contribution in [-0.4, -0.2) is 28.7 Å². The van der Waals surface area contributed by atoms with Crippen LogP contribution in [0.1, 0.15) is 59.8 Å². The predicted octanol–water partition coefficient (Wildman–Crippen LogP) is 4.22. The van der Waals surface area contributed by atoms with Crippen molar-refractivity contribution in [2.75, 3.05) is 11.9 Å². The first kappa shape index (κ1) is 16.0. The molecule has 1 saturated heterocycles. The molecule has 0 aromatic heterocycles. The van der Waals surface area contributed by atoms with Crippen molar-refractivity contribution in [1.29, 1.82) is 0 Å². The van der Waals surface area contributed by atoms with Crippen molar-refractivity contribution in [3.63, 3.8) is 0 Å². The largest absolute Gasteiger partial charge is 0.340 e. The summed E-state index contributed by atoms with van der Waals surface area (Å²) in [6, 6.07) is 0.502. The van der Waals surface area contributed by atoms with Crippen LogP contribution in [0.2, 0.25) is 0 Å². The molecule has 1 heterocycles. The lowest BCUT2D eigenvalue weighted by atomic mass is 9.80. The highest BCUT2D eigenvalue weighted by Gasteiger charge is 2.31. The van der Waals surface area contributed by atoms with Crippen LogP contribution in [0.3, 0.4) is 0 Å². The Morgan fingerprint density at radius 3 is 2.67 bits per heavy atom. The fourth-order valence-corrected chi connectivity index (χ4v) is 2.79. The van der Waals surface area contributed by atoms with Crippen molar-refractivity contribution < 1.29 is 4.79 Å². The van der Waals surface area contributed by atoms with Crippen molar-refractivity contribution in [2.24, 2.45) is 11.3 Å². The number of rotatable bonds is 5. The van der Waals surface area contributed by atoms with Gasteiger partial charge in [-0.05, 0) is 37.0 Å². The van der Waals surface area contributed by atoms with Gasteiger partial charge in [-0.1, -0.05) is 43.6 Å². The van der Waals surface area contributed by atoms with Gasteiger partial charge in [0.25, 0.3) is 0 Å². The third kappa shape index (κ3) is 4.56. The number of nitrogens with zero attached hydrogens (tertiary/aromatic N) is 1. The molecule has 1 fully saturated rings. The summed E-state index contributed by atoms with van der Waals surface area (Å²) in [6.45, 7) is 9.83. The summed E-state index contributed by atoms with van der Waals surface area (Å²) in [6.07, 6.45) is 5.41. The summed E-state index contributed by atoms with van der Waals surface area (Å²) in [5, 5.41) is 1.05. The Bertz CT molecular complexity index is 272. The summed E-state index contributed by atoms with van der Waals surface area (Å²) >= 11 is 3.48. The summed E-state index contributed by atoms with van der Waals surface area (Å²) < 4.78 is 0. The van der Waals surface area contributed by atoms with Gasteiger partial charge in [0, 0.05) is 24.3 Å². The molecule has 0 aromatic rings. The quantitative estimate of drug-likeness (QED) is 0.695. The van der Waals surface area contributed by atoms with E-state index in [1.807, 2.05) is 0 Å². The van der Waals surface area contributed by atoms with Gasteiger partial charge in [-0.2, -0.15) is 0 Å². The van der Waals surface area contributed by atoms with Crippen LogP contribution in [-0.2, 0) is 4.79 Å². The van der Waals surface area contributed by atoms with E-state index >= 15 is 0 Å². The average molecular weight is 318 g/mol. The van der Waals surface area contributed by atoms with Crippen LogP contribution < -0.4 is 0 Å². The second-order valence-corrected chi connectivity index (χ2v) is 7.48. The number of hydrogen-bond donors (Lipinski definition) is 0. The Kier molecular flexibility index (Phi) is 6.16. The van der Waals surface area contributed by atoms with Crippen LogP contribution in [0.15, 0.2) is 0 Å². The molecule has 18 heavy (non-hydrogen) atoms. The molecule has 0 radical (unpaired) electrons. The third-order valence-corrected chi connectivity index (χ3v) is 4.89. The van der Waals surface area contributed by atoms with Crippen LogP contribution in [0.5, 0.6) is 0 Å². The van der Waals surface area contributed by atoms with E-state index in [0.717, 1.165) is 18.3 Å². The summed E-state index contributed by atoms with van der Waals surface area (Å²) in [7, 11) is 0. The maximum absolute atomic E-state index is 12.4. The Hall–Kier alpha value is -0.0500. The Morgan fingerprint density at radius 1 is 1.44 bits per heavy atom. The van der Waals surface area contributed by atoms with E-state index in [9.17, 15) is 4.79 Å². The zero-order chi connectivity index (χ0) is 13.8. The molecular formula is C15H28BrNO. The topological polar surface area (TPSA) is 20.3 Å². The molecule has 1 amide bonds. The molecule has 0 aromatic carbocycles. The van der Waals surface area contributed by atoms with E-state index in [1.165, 1.54) is 19.3 Å². The number of carbonyl (C=O) groups excluding carboxylic acids is 1. The lowest BCUT2D eigenvalue weighted by molar-refractivity contribution is -0.133. The first-order valence-corrected chi connectivity index (χ1v) is 8.34. The molecule has 0 saturated carbocycles. The van der Waals surface area contributed by atoms with Crippen LogP contribution in [0.25, 0.3) is 0 Å². The molecule has 2 nitrogen and oxygen atoms in total. The lowest BCUT2D eigenvalue weighted by Crippen LogP contribution is -2.37. The van der Waals surface area contributed by atoms with Gasteiger partial charge in [-0.3, -0.25) is 4.79 Å². The number of alkyl halides is 1. The number of hydrogen-bond acceptors (Lipinski definition) is 1. The standard InChI is InChI=1S/C15H28BrNO/c1-12(15(2,3)4)11-14(18)17-10-6-8-13(17)7-5-9-16/h12-13H,5-11H2,1-4H3. The SMILES string of the molecule is CC(CC(=O)N1CCCC1CCCBr)C(C)(C)C. The maximum Gasteiger partial charge on any atom is 0.223 e. The van der Waals surface area contributed by atoms with Gasteiger partial charge in [-0.15, -0.1) is 0 Å². The number of carbonyl (C=O) groups is 1. The van der Waals surface area contributed by atoms with Gasteiger partial charge in [0.15, 0.2) is 0 Å². The Labute approximate surface area is 121 Å². The fourth-order valence-electron chi connectivity index (χ4n) is 2.46. The smallest absolute Gasteiger partial charge is 0.223 e. The molecule has 1 aliphatic rings. The molecule has 1 rings (SSSR count). The van der Waals surface area contributed by atoms with E-state index in [2.05, 4.69) is 48.5 Å². The first-order chi connectivity index (χ1) is 8.36. The van der Waals surface area contributed by atoms with Crippen LogP contribution in [0, 0.1) is 11.3 Å². The summed E-state index contributed by atoms with van der Waals surface area (Å²) in [4.78, 5) is 14.5. The predicted molar refractivity (Wildman–Crippen MR) is 81.0 cm³/mol. The Morgan fingerprint density at radius 2 is 2.11 bits per heavy atom. The highest BCUT2D eigenvalue weighted by molar-refractivity contribution is 9.09. The lowest BCUT2D eigenvalue weighted by Gasteiger charge is -2.31. The minimum atomic E-state index is 0.223. The highest BCUT2D eigenvalue weighted by Crippen LogP contribution is 2.30. The summed E-state index contributed by atoms with van der Waals surface area (Å²) in [5.74, 6) is 0.817. The zero-order valence-corrected chi connectivity index (χ0v) is 13.9. The van der Waals surface area contributed by atoms with E-state index in [-0.39, 0.29) is 5.41 Å². The zero-order valence-electron chi connectivity index (χ0n) is 12.3. The van der Waals surface area contributed by atoms with Gasteiger partial charge in [-0.25, -0.2) is 0 Å². The minimum Gasteiger partial charge on any atom is -0.340 e. The van der Waals surface area contributed by atoms with Crippen molar-refractivity contribution in [3.8, 4) is 0 Å². The second kappa shape index (κ2) is 6.93. The molecular weight excluding hydrogens is 290 g/mol. The van der Waals surface area contributed by atoms with Gasteiger partial charge in [0.2, 0.25) is 5.91 Å². The molecule has 0 aliphatic carbocycles. The number of likely N-dealkylation sites (tertiary alicyclic amines) is 1. The van der Waals surface area contributed by atoms with Crippen molar-refractivity contribution in [2.45, 2.75) is 65.8 Å². The second-order valence-electron chi connectivity index (χ2n) is 6.69. The van der Waals surface area contributed by atoms with E-state index in [1.54, 1.807) is 0 Å². The van der Waals surface area contributed by atoms with Gasteiger partial charge in [0.1, 0.15) is 0 Å². The van der Waals surface area contributed by atoms with E-state index in [4.69, 9.17) is 0 Å². The Balaban J connectivity index is 2.50. The number of halogens is 1. The average Bonchev–Trinajstić information content (AvgIpc) is 2.72. The normalized spacial score (nSPS) is 22.3. The molecule has 1 aliphatic heterocycles. The molecule has 0 spiro atoms. The third-order valence-electron chi connectivity index (χ3n) is 4.33. The van der Waals surface area contributed by atoms with E-state index < -0.39 is 0 Å². The number of amides is 1. The van der Waals surface area contributed by atoms with Crippen molar-refractivity contribution in [1.82, 2.24) is 4.90 Å².